The fourth-order valence-corrected chi connectivity index (χ4v) is 3.67. The second-order valence-electron chi connectivity index (χ2n) is 6.00. The van der Waals surface area contributed by atoms with Crippen LogP contribution in [0, 0.1) is 12.8 Å². The van der Waals surface area contributed by atoms with Gasteiger partial charge in [0, 0.05) is 25.5 Å². The van der Waals surface area contributed by atoms with Crippen LogP contribution in [0.15, 0.2) is 0 Å². The Bertz CT molecular complexity index is 496. The normalized spacial score (nSPS) is 19.4. The third kappa shape index (κ3) is 4.11. The molecular weight excluding hydrogens is 315 g/mol. The Hall–Kier alpha value is -0.860. The van der Waals surface area contributed by atoms with Gasteiger partial charge in [-0.3, -0.25) is 4.90 Å². The molecule has 1 N–H and O–H groups in total. The van der Waals surface area contributed by atoms with Crippen molar-refractivity contribution in [3.05, 3.63) is 10.6 Å². The molecule has 2 heterocycles. The van der Waals surface area contributed by atoms with E-state index in [4.69, 9.17) is 0 Å². The molecule has 0 spiro atoms. The van der Waals surface area contributed by atoms with Crippen LogP contribution >= 0.6 is 11.3 Å². The summed E-state index contributed by atoms with van der Waals surface area (Å²) in [5.41, 5.74) is 0.978. The van der Waals surface area contributed by atoms with Gasteiger partial charge in [0.05, 0.1) is 5.69 Å². The number of alkyl halides is 3. The summed E-state index contributed by atoms with van der Waals surface area (Å²) in [6, 6.07) is 0. The third-order valence-corrected chi connectivity index (χ3v) is 5.36. The summed E-state index contributed by atoms with van der Waals surface area (Å²) in [6.07, 6.45) is -5.96. The smallest absolute Gasteiger partial charge is 0.383 e. The van der Waals surface area contributed by atoms with Crippen LogP contribution in [0.4, 0.5) is 18.3 Å². The number of hydrogen-bond donors (Lipinski definition) is 1. The zero-order valence-electron chi connectivity index (χ0n) is 13.0. The van der Waals surface area contributed by atoms with E-state index in [9.17, 15) is 18.3 Å². The Labute approximate surface area is 132 Å². The highest BCUT2D eigenvalue weighted by Crippen LogP contribution is 2.33. The lowest BCUT2D eigenvalue weighted by Gasteiger charge is -2.34. The predicted molar refractivity (Wildman–Crippen MR) is 81.2 cm³/mol. The van der Waals surface area contributed by atoms with Crippen LogP contribution in [-0.2, 0) is 6.54 Å². The second-order valence-corrected chi connectivity index (χ2v) is 7.06. The van der Waals surface area contributed by atoms with Crippen LogP contribution < -0.4 is 4.90 Å². The molecule has 0 radical (unpaired) electrons. The number of likely N-dealkylation sites (tertiary alicyclic amines) is 1. The van der Waals surface area contributed by atoms with Crippen LogP contribution in [0.25, 0.3) is 0 Å². The second kappa shape index (κ2) is 6.72. The van der Waals surface area contributed by atoms with Crippen LogP contribution in [0.2, 0.25) is 0 Å². The molecule has 0 bridgehead atoms. The fourth-order valence-electron chi connectivity index (χ4n) is 2.65. The Morgan fingerprint density at radius 2 is 1.95 bits per heavy atom. The number of anilines is 1. The molecule has 1 saturated heterocycles. The number of aliphatic hydroxyl groups excluding tert-OH is 1. The first kappa shape index (κ1) is 17.5. The van der Waals surface area contributed by atoms with E-state index in [0.29, 0.717) is 32.5 Å². The maximum Gasteiger partial charge on any atom is 0.414 e. The average Bonchev–Trinajstić information content (AvgIpc) is 2.79. The zero-order chi connectivity index (χ0) is 16.5. The van der Waals surface area contributed by atoms with Crippen molar-refractivity contribution in [3.8, 4) is 0 Å². The number of thiazole rings is 1. The zero-order valence-corrected chi connectivity index (χ0v) is 13.8. The first-order valence-corrected chi connectivity index (χ1v) is 8.11. The van der Waals surface area contributed by atoms with Gasteiger partial charge in [0.25, 0.3) is 0 Å². The maximum absolute atomic E-state index is 12.5. The lowest BCUT2D eigenvalue weighted by molar-refractivity contribution is -0.223. The molecule has 1 aliphatic rings. The summed E-state index contributed by atoms with van der Waals surface area (Å²) in [4.78, 5) is 9.72. The highest BCUT2D eigenvalue weighted by atomic mass is 32.1. The lowest BCUT2D eigenvalue weighted by atomic mass is 9.91. The monoisotopic (exact) mass is 337 g/mol. The number of halogens is 3. The highest BCUT2D eigenvalue weighted by Gasteiger charge is 2.44. The van der Waals surface area contributed by atoms with E-state index in [-0.39, 0.29) is 0 Å². The van der Waals surface area contributed by atoms with E-state index in [1.165, 1.54) is 0 Å². The number of aromatic nitrogens is 1. The lowest BCUT2D eigenvalue weighted by Crippen LogP contribution is -2.43. The van der Waals surface area contributed by atoms with E-state index in [1.807, 2.05) is 25.9 Å². The molecule has 0 aliphatic carbocycles. The molecule has 0 saturated carbocycles. The van der Waals surface area contributed by atoms with Crippen molar-refractivity contribution < 1.29 is 18.3 Å². The molecule has 4 nitrogen and oxygen atoms in total. The van der Waals surface area contributed by atoms with Crippen molar-refractivity contribution in [1.82, 2.24) is 9.88 Å². The molecule has 1 aliphatic heterocycles. The topological polar surface area (TPSA) is 39.6 Å². The Morgan fingerprint density at radius 3 is 2.41 bits per heavy atom. The van der Waals surface area contributed by atoms with E-state index < -0.39 is 18.2 Å². The standard InChI is InChI=1S/C14H22F3N3OS/c1-9-11(22-13(18-9)19(2)3)8-20-6-4-10(5-7-20)12(21)14(15,16)17/h10,12,21H,4-8H2,1-3H3. The summed E-state index contributed by atoms with van der Waals surface area (Å²) in [6.45, 7) is 3.82. The molecule has 1 aromatic heterocycles. The van der Waals surface area contributed by atoms with Crippen LogP contribution in [0.1, 0.15) is 23.4 Å². The Morgan fingerprint density at radius 1 is 1.36 bits per heavy atom. The SMILES string of the molecule is Cc1nc(N(C)C)sc1CN1CCC(C(O)C(F)(F)F)CC1. The first-order chi connectivity index (χ1) is 10.2. The number of aliphatic hydroxyl groups is 1. The van der Waals surface area contributed by atoms with Gasteiger partial charge in [0.1, 0.15) is 0 Å². The van der Waals surface area contributed by atoms with Crippen LogP contribution in [-0.4, -0.2) is 54.5 Å². The fraction of sp³-hybridized carbons (Fsp3) is 0.786. The van der Waals surface area contributed by atoms with Gasteiger partial charge < -0.3 is 10.0 Å². The largest absolute Gasteiger partial charge is 0.414 e. The van der Waals surface area contributed by atoms with E-state index in [2.05, 4.69) is 9.88 Å². The summed E-state index contributed by atoms with van der Waals surface area (Å²) in [5, 5.41) is 10.3. The minimum Gasteiger partial charge on any atom is -0.383 e. The van der Waals surface area contributed by atoms with Crippen molar-refractivity contribution >= 4 is 16.5 Å². The maximum atomic E-state index is 12.5. The summed E-state index contributed by atoms with van der Waals surface area (Å²) >= 11 is 1.62. The molecule has 1 fully saturated rings. The van der Waals surface area contributed by atoms with Crippen molar-refractivity contribution in [2.24, 2.45) is 5.92 Å². The van der Waals surface area contributed by atoms with Crippen molar-refractivity contribution in [2.45, 2.75) is 38.6 Å². The van der Waals surface area contributed by atoms with Gasteiger partial charge in [0.15, 0.2) is 11.2 Å². The molecule has 22 heavy (non-hydrogen) atoms. The van der Waals surface area contributed by atoms with E-state index >= 15 is 0 Å². The highest BCUT2D eigenvalue weighted by molar-refractivity contribution is 7.15. The van der Waals surface area contributed by atoms with Gasteiger partial charge in [-0.2, -0.15) is 13.2 Å². The van der Waals surface area contributed by atoms with Crippen LogP contribution in [0.3, 0.4) is 0 Å². The number of rotatable bonds is 4. The molecule has 1 aromatic rings. The summed E-state index contributed by atoms with van der Waals surface area (Å²) in [5.74, 6) is -0.684. The molecule has 0 aromatic carbocycles. The van der Waals surface area contributed by atoms with Crippen LogP contribution in [0.5, 0.6) is 0 Å². The van der Waals surface area contributed by atoms with Gasteiger partial charge in [-0.15, -0.1) is 11.3 Å². The van der Waals surface area contributed by atoms with E-state index in [1.54, 1.807) is 11.3 Å². The van der Waals surface area contributed by atoms with Crippen molar-refractivity contribution in [1.29, 1.82) is 0 Å². The van der Waals surface area contributed by atoms with Gasteiger partial charge >= 0.3 is 6.18 Å². The molecule has 8 heteroatoms. The first-order valence-electron chi connectivity index (χ1n) is 7.29. The number of nitrogens with zero attached hydrogens (tertiary/aromatic N) is 3. The molecule has 2 rings (SSSR count). The number of piperidine rings is 1. The minimum atomic E-state index is -4.51. The third-order valence-electron chi connectivity index (χ3n) is 4.05. The average molecular weight is 337 g/mol. The summed E-state index contributed by atoms with van der Waals surface area (Å²) in [7, 11) is 3.87. The van der Waals surface area contributed by atoms with Gasteiger partial charge in [-0.25, -0.2) is 4.98 Å². The van der Waals surface area contributed by atoms with E-state index in [0.717, 1.165) is 15.7 Å². The Balaban J connectivity index is 1.90. The van der Waals surface area contributed by atoms with Gasteiger partial charge in [-0.05, 0) is 38.8 Å². The quantitative estimate of drug-likeness (QED) is 0.917. The molecule has 0 amide bonds. The van der Waals surface area contributed by atoms with Crippen molar-refractivity contribution in [2.75, 3.05) is 32.1 Å². The number of aryl methyl sites for hydroxylation is 1. The molecular formula is C14H22F3N3OS. The Kier molecular flexibility index (Phi) is 5.34. The van der Waals surface area contributed by atoms with Gasteiger partial charge in [0.2, 0.25) is 0 Å². The number of hydrogen-bond acceptors (Lipinski definition) is 5. The van der Waals surface area contributed by atoms with Crippen molar-refractivity contribution in [3.63, 3.8) is 0 Å². The summed E-state index contributed by atoms with van der Waals surface area (Å²) < 4.78 is 37.6. The molecule has 126 valence electrons. The molecule has 1 unspecified atom stereocenters. The van der Waals surface area contributed by atoms with Gasteiger partial charge in [-0.1, -0.05) is 0 Å². The minimum absolute atomic E-state index is 0.374. The predicted octanol–water partition coefficient (Wildman–Crippen LogP) is 2.65. The molecule has 1 atom stereocenters.